The lowest BCUT2D eigenvalue weighted by atomic mass is 9.45. The second-order valence-electron chi connectivity index (χ2n) is 9.58. The number of fused-ring (bicyclic) bond motifs is 5. The first-order valence-electron chi connectivity index (χ1n) is 10.1. The first-order valence-corrected chi connectivity index (χ1v) is 10.1. The van der Waals surface area contributed by atoms with Crippen LogP contribution in [-0.2, 0) is 9.59 Å². The first kappa shape index (κ1) is 17.9. The number of nitriles is 1. The van der Waals surface area contributed by atoms with Crippen molar-refractivity contribution in [3.05, 3.63) is 11.6 Å². The van der Waals surface area contributed by atoms with Crippen molar-refractivity contribution < 1.29 is 14.7 Å². The second-order valence-corrected chi connectivity index (χ2v) is 9.58. The lowest BCUT2D eigenvalue weighted by Crippen LogP contribution is -2.53. The van der Waals surface area contributed by atoms with Gasteiger partial charge in [-0.2, -0.15) is 5.26 Å². The van der Waals surface area contributed by atoms with Crippen molar-refractivity contribution in [2.75, 3.05) is 6.61 Å². The molecule has 4 heteroatoms. The Kier molecular flexibility index (Phi) is 4.15. The van der Waals surface area contributed by atoms with Crippen LogP contribution < -0.4 is 0 Å². The molecule has 4 rings (SSSR count). The molecular weight excluding hydrogens is 326 g/mol. The fraction of sp³-hybridized carbons (Fsp3) is 0.773. The van der Waals surface area contributed by atoms with Gasteiger partial charge in [0.2, 0.25) is 0 Å². The molecule has 0 aromatic heterocycles. The normalized spacial score (nSPS) is 47.2. The first-order chi connectivity index (χ1) is 12.3. The smallest absolute Gasteiger partial charge is 0.161 e. The number of Topliss-reactive ketones (excluding diaryl/α,β-unsaturated/α-hetero) is 1. The highest BCUT2D eigenvalue weighted by molar-refractivity contribution is 5.92. The van der Waals surface area contributed by atoms with Crippen molar-refractivity contribution in [2.45, 2.75) is 58.8 Å². The maximum atomic E-state index is 12.3. The number of nitrogens with zero attached hydrogens (tertiary/aromatic N) is 1. The van der Waals surface area contributed by atoms with Gasteiger partial charge in [0.05, 0.1) is 12.0 Å². The monoisotopic (exact) mass is 355 g/mol. The summed E-state index contributed by atoms with van der Waals surface area (Å²) in [5.41, 5.74) is 1.00. The van der Waals surface area contributed by atoms with Crippen LogP contribution in [0.5, 0.6) is 0 Å². The zero-order valence-corrected chi connectivity index (χ0v) is 15.8. The molecule has 0 bridgehead atoms. The Bertz CT molecular complexity index is 719. The van der Waals surface area contributed by atoms with Gasteiger partial charge in [0.1, 0.15) is 6.61 Å². The molecule has 3 fully saturated rings. The van der Waals surface area contributed by atoms with Gasteiger partial charge in [-0.15, -0.1) is 0 Å². The van der Waals surface area contributed by atoms with Crippen LogP contribution in [0.25, 0.3) is 0 Å². The zero-order chi connectivity index (χ0) is 18.7. The number of hydrogen-bond donors (Lipinski definition) is 1. The Hall–Kier alpha value is -1.47. The standard InChI is InChI=1S/C22H29NO3/c1-21-8-6-17-15(16(21)3-4-18(21)20(26)12-24)9-13(11-23)19-10-14(25)5-7-22(17,19)2/h10,13,15-18,24H,3-9,12H2,1-2H3/t13-,15+,16+,17+,18-,21+,22-/m1/s1. The van der Waals surface area contributed by atoms with Gasteiger partial charge in [-0.1, -0.05) is 13.8 Å². The summed E-state index contributed by atoms with van der Waals surface area (Å²) < 4.78 is 0. The summed E-state index contributed by atoms with van der Waals surface area (Å²) in [6.45, 7) is 4.17. The molecular formula is C22H29NO3. The van der Waals surface area contributed by atoms with Crippen LogP contribution >= 0.6 is 0 Å². The molecule has 0 radical (unpaired) electrons. The largest absolute Gasteiger partial charge is 0.389 e. The molecule has 4 nitrogen and oxygen atoms in total. The fourth-order valence-electron chi connectivity index (χ4n) is 7.40. The van der Waals surface area contributed by atoms with Crippen molar-refractivity contribution in [2.24, 2.45) is 40.4 Å². The van der Waals surface area contributed by atoms with E-state index in [9.17, 15) is 20.0 Å². The molecule has 0 aromatic carbocycles. The van der Waals surface area contributed by atoms with Gasteiger partial charge >= 0.3 is 0 Å². The number of allylic oxidation sites excluding steroid dienone is 1. The number of ketones is 2. The van der Waals surface area contributed by atoms with Gasteiger partial charge in [0.15, 0.2) is 11.6 Å². The van der Waals surface area contributed by atoms with E-state index in [0.29, 0.717) is 24.2 Å². The van der Waals surface area contributed by atoms with Crippen molar-refractivity contribution in [1.82, 2.24) is 0 Å². The van der Waals surface area contributed by atoms with Crippen LogP contribution in [-0.4, -0.2) is 23.3 Å². The van der Waals surface area contributed by atoms with E-state index in [1.54, 1.807) is 6.08 Å². The summed E-state index contributed by atoms with van der Waals surface area (Å²) >= 11 is 0. The summed E-state index contributed by atoms with van der Waals surface area (Å²) in [6, 6.07) is 2.49. The van der Waals surface area contributed by atoms with Crippen LogP contribution in [0.1, 0.15) is 58.8 Å². The Morgan fingerprint density at radius 2 is 2.04 bits per heavy atom. The lowest BCUT2D eigenvalue weighted by molar-refractivity contribution is -0.133. The van der Waals surface area contributed by atoms with Crippen LogP contribution in [0.2, 0.25) is 0 Å². The lowest BCUT2D eigenvalue weighted by Gasteiger charge is -2.59. The molecule has 0 spiro atoms. The van der Waals surface area contributed by atoms with Crippen molar-refractivity contribution in [3.63, 3.8) is 0 Å². The number of carbonyl (C=O) groups excluding carboxylic acids is 2. The molecule has 0 aromatic rings. The molecule has 0 aliphatic heterocycles. The number of rotatable bonds is 2. The van der Waals surface area contributed by atoms with Crippen molar-refractivity contribution in [1.29, 1.82) is 5.26 Å². The number of aliphatic hydroxyl groups is 1. The average Bonchev–Trinajstić information content (AvgIpc) is 2.98. The van der Waals surface area contributed by atoms with E-state index in [2.05, 4.69) is 19.9 Å². The second kappa shape index (κ2) is 6.02. The SMILES string of the molecule is C[C@]12CC[C@H]3[C@@H](C[C@H](C#N)C4=CC(=O)CC[C@@]43C)[C@@H]1CC[C@@H]2C(=O)CO. The third-order valence-electron chi connectivity index (χ3n) is 8.71. The van der Waals surface area contributed by atoms with Gasteiger partial charge < -0.3 is 5.11 Å². The Morgan fingerprint density at radius 3 is 2.73 bits per heavy atom. The van der Waals surface area contributed by atoms with Crippen LogP contribution in [0, 0.1) is 51.8 Å². The minimum Gasteiger partial charge on any atom is -0.389 e. The van der Waals surface area contributed by atoms with E-state index < -0.39 is 0 Å². The maximum Gasteiger partial charge on any atom is 0.161 e. The Balaban J connectivity index is 1.71. The predicted molar refractivity (Wildman–Crippen MR) is 96.8 cm³/mol. The van der Waals surface area contributed by atoms with Gasteiger partial charge in [-0.3, -0.25) is 9.59 Å². The highest BCUT2D eigenvalue weighted by Gasteiger charge is 2.61. The number of carbonyl (C=O) groups is 2. The third kappa shape index (κ3) is 2.29. The van der Waals surface area contributed by atoms with Gasteiger partial charge in [0, 0.05) is 12.3 Å². The summed E-state index contributed by atoms with van der Waals surface area (Å²) in [6.07, 6.45) is 8.05. The van der Waals surface area contributed by atoms with Gasteiger partial charge in [0.25, 0.3) is 0 Å². The summed E-state index contributed by atoms with van der Waals surface area (Å²) in [5.74, 6) is 1.38. The molecule has 4 aliphatic rings. The summed E-state index contributed by atoms with van der Waals surface area (Å²) in [5, 5.41) is 19.2. The van der Waals surface area contributed by atoms with Crippen molar-refractivity contribution in [3.8, 4) is 6.07 Å². The molecule has 4 aliphatic carbocycles. The van der Waals surface area contributed by atoms with Crippen LogP contribution in [0.4, 0.5) is 0 Å². The summed E-state index contributed by atoms with van der Waals surface area (Å²) in [4.78, 5) is 24.4. The highest BCUT2D eigenvalue weighted by Crippen LogP contribution is 2.67. The zero-order valence-electron chi connectivity index (χ0n) is 15.8. The quantitative estimate of drug-likeness (QED) is 0.823. The van der Waals surface area contributed by atoms with Gasteiger partial charge in [-0.25, -0.2) is 0 Å². The Labute approximate surface area is 155 Å². The minimum atomic E-state index is -0.353. The molecule has 1 N–H and O–H groups in total. The van der Waals surface area contributed by atoms with E-state index >= 15 is 0 Å². The molecule has 0 amide bonds. The van der Waals surface area contributed by atoms with E-state index in [0.717, 1.165) is 44.1 Å². The maximum absolute atomic E-state index is 12.3. The summed E-state index contributed by atoms with van der Waals surface area (Å²) in [7, 11) is 0. The average molecular weight is 355 g/mol. The van der Waals surface area contributed by atoms with Gasteiger partial charge in [-0.05, 0) is 78.8 Å². The molecule has 7 atom stereocenters. The van der Waals surface area contributed by atoms with E-state index in [4.69, 9.17) is 0 Å². The molecule has 0 unspecified atom stereocenters. The predicted octanol–water partition coefficient (Wildman–Crippen LogP) is 3.45. The Morgan fingerprint density at radius 1 is 1.27 bits per heavy atom. The fourth-order valence-corrected chi connectivity index (χ4v) is 7.40. The topological polar surface area (TPSA) is 78.2 Å². The highest BCUT2D eigenvalue weighted by atomic mass is 16.3. The third-order valence-corrected chi connectivity index (χ3v) is 8.71. The molecule has 3 saturated carbocycles. The van der Waals surface area contributed by atoms with Crippen molar-refractivity contribution >= 4 is 11.6 Å². The van der Waals surface area contributed by atoms with E-state index in [-0.39, 0.29) is 40.8 Å². The molecule has 26 heavy (non-hydrogen) atoms. The molecule has 0 saturated heterocycles. The van der Waals surface area contributed by atoms with Crippen LogP contribution in [0.15, 0.2) is 11.6 Å². The minimum absolute atomic E-state index is 0.00356. The number of aliphatic hydroxyl groups excluding tert-OH is 1. The van der Waals surface area contributed by atoms with Crippen LogP contribution in [0.3, 0.4) is 0 Å². The molecule has 0 heterocycles. The molecule has 140 valence electrons. The van der Waals surface area contributed by atoms with E-state index in [1.807, 2.05) is 0 Å². The van der Waals surface area contributed by atoms with E-state index in [1.165, 1.54) is 0 Å². The number of hydrogen-bond acceptors (Lipinski definition) is 4.